The summed E-state index contributed by atoms with van der Waals surface area (Å²) in [5.74, 6) is 0.846. The monoisotopic (exact) mass is 316 g/mol. The Morgan fingerprint density at radius 2 is 1.26 bits per heavy atom. The number of unbranched alkanes of at least 4 members (excludes halogenated alkanes) is 13. The van der Waals surface area contributed by atoms with E-state index in [9.17, 15) is 0 Å². The Labute approximate surface area is 144 Å². The van der Waals surface area contributed by atoms with Crippen LogP contribution in [0, 0.1) is 12.1 Å². The molecule has 0 fully saturated rings. The molecule has 1 rings (SSSR count). The molecule has 0 spiro atoms. The van der Waals surface area contributed by atoms with Gasteiger partial charge >= 0.3 is 0 Å². The summed E-state index contributed by atoms with van der Waals surface area (Å²) in [6.45, 7) is 3.10. The van der Waals surface area contributed by atoms with Gasteiger partial charge in [0.2, 0.25) is 0 Å². The third-order valence-corrected chi connectivity index (χ3v) is 4.38. The van der Waals surface area contributed by atoms with Crippen molar-refractivity contribution in [1.29, 1.82) is 0 Å². The second-order valence-corrected chi connectivity index (χ2v) is 6.60. The first kappa shape index (κ1) is 20.1. The molecule has 0 saturated carbocycles. The van der Waals surface area contributed by atoms with Gasteiger partial charge in [-0.2, -0.15) is 0 Å². The van der Waals surface area contributed by atoms with Gasteiger partial charge in [-0.1, -0.05) is 96.5 Å². The maximum atomic E-state index is 5.64. The van der Waals surface area contributed by atoms with Crippen LogP contribution in [0.4, 0.5) is 0 Å². The van der Waals surface area contributed by atoms with E-state index in [0.29, 0.717) is 0 Å². The summed E-state index contributed by atoms with van der Waals surface area (Å²) in [4.78, 5) is 0. The summed E-state index contributed by atoms with van der Waals surface area (Å²) in [5, 5.41) is 0. The van der Waals surface area contributed by atoms with Crippen molar-refractivity contribution in [3.8, 4) is 5.75 Å². The molecule has 1 nitrogen and oxygen atoms in total. The quantitative estimate of drug-likeness (QED) is 0.294. The Balaban J connectivity index is 1.72. The van der Waals surface area contributed by atoms with Gasteiger partial charge < -0.3 is 4.74 Å². The smallest absolute Gasteiger partial charge is 0.127 e. The van der Waals surface area contributed by atoms with E-state index in [1.54, 1.807) is 6.07 Å². The average Bonchev–Trinajstić information content (AvgIpc) is 2.59. The zero-order valence-corrected chi connectivity index (χ0v) is 15.2. The van der Waals surface area contributed by atoms with Gasteiger partial charge in [0.05, 0.1) is 6.61 Å². The summed E-state index contributed by atoms with van der Waals surface area (Å²) in [5.41, 5.74) is 0. The molecule has 0 amide bonds. The molecule has 130 valence electrons. The van der Waals surface area contributed by atoms with Crippen molar-refractivity contribution in [2.45, 2.75) is 96.8 Å². The highest BCUT2D eigenvalue weighted by molar-refractivity contribution is 5.18. The summed E-state index contributed by atoms with van der Waals surface area (Å²) in [7, 11) is 0. The zero-order valence-electron chi connectivity index (χ0n) is 15.2. The van der Waals surface area contributed by atoms with Crippen molar-refractivity contribution in [3.05, 3.63) is 30.3 Å². The van der Waals surface area contributed by atoms with Crippen LogP contribution in [0.5, 0.6) is 5.75 Å². The van der Waals surface area contributed by atoms with Crippen molar-refractivity contribution >= 4 is 0 Å². The Hall–Kier alpha value is -0.980. The fourth-order valence-corrected chi connectivity index (χ4v) is 2.90. The summed E-state index contributed by atoms with van der Waals surface area (Å²) < 4.78 is 5.64. The van der Waals surface area contributed by atoms with Crippen molar-refractivity contribution < 1.29 is 4.74 Å². The fraction of sp³-hybridized carbons (Fsp3) is 0.727. The average molecular weight is 317 g/mol. The number of hydrogen-bond acceptors (Lipinski definition) is 1. The molecule has 0 atom stereocenters. The first-order chi connectivity index (χ1) is 11.4. The first-order valence-corrected chi connectivity index (χ1v) is 9.94. The maximum Gasteiger partial charge on any atom is 0.127 e. The number of rotatable bonds is 16. The van der Waals surface area contributed by atoms with E-state index >= 15 is 0 Å². The third kappa shape index (κ3) is 13.2. The molecular weight excluding hydrogens is 280 g/mol. The van der Waals surface area contributed by atoms with Crippen LogP contribution >= 0.6 is 0 Å². The SMILES string of the molecule is CCCCCCCCCCCCCCCCOc1[c]c[c]cc1. The number of hydrogen-bond donors (Lipinski definition) is 0. The van der Waals surface area contributed by atoms with Crippen molar-refractivity contribution in [2.24, 2.45) is 0 Å². The van der Waals surface area contributed by atoms with Crippen LogP contribution in [0.2, 0.25) is 0 Å². The largest absolute Gasteiger partial charge is 0.493 e. The number of benzene rings is 1. The molecular formula is C22H36O. The predicted molar refractivity (Wildman–Crippen MR) is 99.9 cm³/mol. The van der Waals surface area contributed by atoms with E-state index in [2.05, 4.69) is 19.1 Å². The topological polar surface area (TPSA) is 9.23 Å². The van der Waals surface area contributed by atoms with E-state index in [1.807, 2.05) is 12.1 Å². The highest BCUT2D eigenvalue weighted by atomic mass is 16.5. The Kier molecular flexibility index (Phi) is 13.9. The Morgan fingerprint density at radius 1 is 0.739 bits per heavy atom. The molecule has 1 aromatic rings. The van der Waals surface area contributed by atoms with Crippen LogP contribution < -0.4 is 4.74 Å². The molecule has 0 aliphatic carbocycles. The molecule has 0 heterocycles. The van der Waals surface area contributed by atoms with E-state index in [1.165, 1.54) is 83.5 Å². The molecule has 0 aliphatic rings. The lowest BCUT2D eigenvalue weighted by atomic mass is 10.0. The fourth-order valence-electron chi connectivity index (χ4n) is 2.90. The van der Waals surface area contributed by atoms with Crippen molar-refractivity contribution in [2.75, 3.05) is 6.61 Å². The minimum Gasteiger partial charge on any atom is -0.493 e. The van der Waals surface area contributed by atoms with E-state index in [4.69, 9.17) is 4.74 Å². The van der Waals surface area contributed by atoms with Crippen LogP contribution in [-0.4, -0.2) is 6.61 Å². The maximum absolute atomic E-state index is 5.64. The van der Waals surface area contributed by atoms with Gasteiger partial charge in [-0.05, 0) is 24.6 Å². The van der Waals surface area contributed by atoms with Gasteiger partial charge in [-0.3, -0.25) is 0 Å². The lowest BCUT2D eigenvalue weighted by Crippen LogP contribution is -1.97. The summed E-state index contributed by atoms with van der Waals surface area (Å²) >= 11 is 0. The third-order valence-electron chi connectivity index (χ3n) is 4.38. The highest BCUT2D eigenvalue weighted by Gasteiger charge is 1.95. The minimum absolute atomic E-state index is 0.818. The van der Waals surface area contributed by atoms with Gasteiger partial charge in [-0.15, -0.1) is 0 Å². The molecule has 23 heavy (non-hydrogen) atoms. The van der Waals surface area contributed by atoms with Gasteiger partial charge in [-0.25, -0.2) is 0 Å². The summed E-state index contributed by atoms with van der Waals surface area (Å²) in [6, 6.07) is 11.6. The number of ether oxygens (including phenoxy) is 1. The lowest BCUT2D eigenvalue weighted by Gasteiger charge is -2.05. The molecule has 0 saturated heterocycles. The van der Waals surface area contributed by atoms with E-state index in [-0.39, 0.29) is 0 Å². The van der Waals surface area contributed by atoms with Crippen LogP contribution in [0.25, 0.3) is 0 Å². The van der Waals surface area contributed by atoms with Crippen molar-refractivity contribution in [3.63, 3.8) is 0 Å². The molecule has 0 bridgehead atoms. The van der Waals surface area contributed by atoms with Crippen molar-refractivity contribution in [1.82, 2.24) is 0 Å². The van der Waals surface area contributed by atoms with Gasteiger partial charge in [0.25, 0.3) is 0 Å². The normalized spacial score (nSPS) is 10.8. The van der Waals surface area contributed by atoms with Gasteiger partial charge in [0.15, 0.2) is 0 Å². The van der Waals surface area contributed by atoms with Crippen LogP contribution in [-0.2, 0) is 0 Å². The van der Waals surface area contributed by atoms with E-state index in [0.717, 1.165) is 18.8 Å². The first-order valence-electron chi connectivity index (χ1n) is 9.94. The minimum atomic E-state index is 0.818. The molecule has 0 aromatic heterocycles. The Morgan fingerprint density at radius 3 is 1.74 bits per heavy atom. The second-order valence-electron chi connectivity index (χ2n) is 6.60. The molecule has 1 aromatic carbocycles. The molecule has 2 radical (unpaired) electrons. The van der Waals surface area contributed by atoms with E-state index < -0.39 is 0 Å². The van der Waals surface area contributed by atoms with Crippen LogP contribution in [0.1, 0.15) is 96.8 Å². The second kappa shape index (κ2) is 15.9. The predicted octanol–water partition coefficient (Wildman–Crippen LogP) is 7.15. The molecule has 0 N–H and O–H groups in total. The molecule has 1 heteroatoms. The lowest BCUT2D eigenvalue weighted by molar-refractivity contribution is 0.303. The Bertz CT molecular complexity index is 333. The van der Waals surface area contributed by atoms with Crippen LogP contribution in [0.3, 0.4) is 0 Å². The molecule has 0 unspecified atom stereocenters. The van der Waals surface area contributed by atoms with Gasteiger partial charge in [0.1, 0.15) is 5.75 Å². The highest BCUT2D eigenvalue weighted by Crippen LogP contribution is 2.13. The summed E-state index contributed by atoms with van der Waals surface area (Å²) in [6.07, 6.45) is 19.5. The van der Waals surface area contributed by atoms with Crippen LogP contribution in [0.15, 0.2) is 18.2 Å². The molecule has 0 aliphatic heterocycles. The standard InChI is InChI=1S/C22H36O/c1-2-3-4-5-6-7-8-9-10-11-12-13-14-18-21-23-22-19-16-15-17-20-22/h16-17,19H,2-14,18,21H2,1H3. The van der Waals surface area contributed by atoms with Gasteiger partial charge in [0, 0.05) is 6.07 Å². The zero-order chi connectivity index (χ0) is 16.4.